The monoisotopic (exact) mass is 251 g/mol. The summed E-state index contributed by atoms with van der Waals surface area (Å²) in [5.74, 6) is 0. The molecule has 0 aliphatic carbocycles. The third-order valence-corrected chi connectivity index (χ3v) is 3.17. The molecule has 1 unspecified atom stereocenters. The Kier molecular flexibility index (Phi) is 4.16. The maximum atomic E-state index is 9.51. The van der Waals surface area contributed by atoms with Crippen LogP contribution in [0, 0.1) is 0 Å². The summed E-state index contributed by atoms with van der Waals surface area (Å²) in [6.07, 6.45) is -0.280. The molecule has 13 heavy (non-hydrogen) atoms. The summed E-state index contributed by atoms with van der Waals surface area (Å²) in [7, 11) is 0. The van der Waals surface area contributed by atoms with Gasteiger partial charge in [0.15, 0.2) is 0 Å². The quantitative estimate of drug-likeness (QED) is 0.756. The van der Waals surface area contributed by atoms with E-state index in [1.54, 1.807) is 0 Å². The van der Waals surface area contributed by atoms with Crippen LogP contribution in [0.4, 0.5) is 0 Å². The van der Waals surface area contributed by atoms with Crippen molar-refractivity contribution in [3.05, 3.63) is 0 Å². The first-order chi connectivity index (χ1) is 6.06. The highest BCUT2D eigenvalue weighted by Crippen LogP contribution is 2.19. The van der Waals surface area contributed by atoms with Crippen LogP contribution in [-0.2, 0) is 4.74 Å². The lowest BCUT2D eigenvalue weighted by molar-refractivity contribution is -0.0637. The van der Waals surface area contributed by atoms with Crippen molar-refractivity contribution in [1.29, 1.82) is 0 Å². The van der Waals surface area contributed by atoms with Crippen molar-refractivity contribution >= 4 is 15.9 Å². The van der Waals surface area contributed by atoms with E-state index in [2.05, 4.69) is 34.7 Å². The molecule has 1 aliphatic heterocycles. The first-order valence-electron chi connectivity index (χ1n) is 4.63. The second-order valence-electron chi connectivity index (χ2n) is 4.12. The van der Waals surface area contributed by atoms with Crippen LogP contribution < -0.4 is 0 Å². The fourth-order valence-corrected chi connectivity index (χ4v) is 1.74. The number of ether oxygens (including phenoxy) is 1. The second-order valence-corrected chi connectivity index (χ2v) is 4.77. The van der Waals surface area contributed by atoms with Gasteiger partial charge in [-0.1, -0.05) is 15.9 Å². The van der Waals surface area contributed by atoms with E-state index in [0.717, 1.165) is 26.3 Å². The average Bonchev–Trinajstić information content (AvgIpc) is 2.08. The topological polar surface area (TPSA) is 32.7 Å². The summed E-state index contributed by atoms with van der Waals surface area (Å²) in [5, 5.41) is 10.2. The SMILES string of the molecule is CC1(C)COCCN1CC(O)CBr. The third kappa shape index (κ3) is 3.20. The predicted octanol–water partition coefficient (Wildman–Crippen LogP) is 0.853. The standard InChI is InChI=1S/C9H18BrNO2/c1-9(2)7-13-4-3-11(9)6-8(12)5-10/h8,12H,3-7H2,1-2H3. The molecule has 4 heteroatoms. The number of morpholine rings is 1. The zero-order valence-corrected chi connectivity index (χ0v) is 9.88. The van der Waals surface area contributed by atoms with Gasteiger partial charge >= 0.3 is 0 Å². The number of hydrogen-bond donors (Lipinski definition) is 1. The highest BCUT2D eigenvalue weighted by atomic mass is 79.9. The lowest BCUT2D eigenvalue weighted by atomic mass is 10.0. The predicted molar refractivity (Wildman–Crippen MR) is 56.3 cm³/mol. The van der Waals surface area contributed by atoms with E-state index in [1.807, 2.05) is 0 Å². The first-order valence-corrected chi connectivity index (χ1v) is 5.75. The molecule has 3 nitrogen and oxygen atoms in total. The van der Waals surface area contributed by atoms with Gasteiger partial charge in [-0.05, 0) is 13.8 Å². The van der Waals surface area contributed by atoms with E-state index in [4.69, 9.17) is 4.74 Å². The van der Waals surface area contributed by atoms with E-state index >= 15 is 0 Å². The molecule has 1 atom stereocenters. The smallest absolute Gasteiger partial charge is 0.0763 e. The van der Waals surface area contributed by atoms with Crippen LogP contribution in [-0.4, -0.2) is 53.3 Å². The Labute approximate surface area is 88.2 Å². The Morgan fingerprint density at radius 3 is 2.85 bits per heavy atom. The minimum atomic E-state index is -0.280. The van der Waals surface area contributed by atoms with Gasteiger partial charge < -0.3 is 9.84 Å². The average molecular weight is 252 g/mol. The summed E-state index contributed by atoms with van der Waals surface area (Å²) >= 11 is 3.27. The van der Waals surface area contributed by atoms with Gasteiger partial charge in [-0.25, -0.2) is 0 Å². The minimum absolute atomic E-state index is 0.0569. The normalized spacial score (nSPS) is 25.8. The Morgan fingerprint density at radius 2 is 2.31 bits per heavy atom. The van der Waals surface area contributed by atoms with Crippen LogP contribution >= 0.6 is 15.9 Å². The maximum absolute atomic E-state index is 9.51. The highest BCUT2D eigenvalue weighted by molar-refractivity contribution is 9.09. The molecule has 0 radical (unpaired) electrons. The molecule has 1 fully saturated rings. The number of aliphatic hydroxyl groups is 1. The van der Waals surface area contributed by atoms with E-state index in [0.29, 0.717) is 5.33 Å². The van der Waals surface area contributed by atoms with E-state index in [1.165, 1.54) is 0 Å². The van der Waals surface area contributed by atoms with Crippen molar-refractivity contribution in [3.8, 4) is 0 Å². The van der Waals surface area contributed by atoms with Crippen molar-refractivity contribution in [3.63, 3.8) is 0 Å². The molecular weight excluding hydrogens is 234 g/mol. The van der Waals surface area contributed by atoms with E-state index in [9.17, 15) is 5.11 Å². The largest absolute Gasteiger partial charge is 0.391 e. The van der Waals surface area contributed by atoms with Gasteiger partial charge in [0.25, 0.3) is 0 Å². The van der Waals surface area contributed by atoms with Crippen LogP contribution in [0.15, 0.2) is 0 Å². The van der Waals surface area contributed by atoms with Gasteiger partial charge in [-0.15, -0.1) is 0 Å². The summed E-state index contributed by atoms with van der Waals surface area (Å²) in [4.78, 5) is 2.28. The number of aliphatic hydroxyl groups excluding tert-OH is 1. The number of rotatable bonds is 3. The molecule has 0 aromatic rings. The van der Waals surface area contributed by atoms with Gasteiger partial charge in [0.1, 0.15) is 0 Å². The van der Waals surface area contributed by atoms with Crippen LogP contribution in [0.1, 0.15) is 13.8 Å². The fraction of sp³-hybridized carbons (Fsp3) is 1.00. The Bertz CT molecular complexity index is 164. The van der Waals surface area contributed by atoms with Gasteiger partial charge in [-0.3, -0.25) is 4.90 Å². The number of alkyl halides is 1. The van der Waals surface area contributed by atoms with Gasteiger partial charge in [0.05, 0.1) is 19.3 Å². The second kappa shape index (κ2) is 4.73. The number of β-amino-alcohol motifs (C(OH)–C–C–N with tert-alkyl or cyclic N) is 1. The molecule has 0 saturated carbocycles. The molecule has 78 valence electrons. The molecule has 0 bridgehead atoms. The summed E-state index contributed by atoms with van der Waals surface area (Å²) in [6.45, 7) is 7.46. The zero-order valence-electron chi connectivity index (χ0n) is 8.29. The van der Waals surface area contributed by atoms with E-state index < -0.39 is 0 Å². The van der Waals surface area contributed by atoms with Crippen LogP contribution in [0.3, 0.4) is 0 Å². The summed E-state index contributed by atoms with van der Waals surface area (Å²) < 4.78 is 5.40. The zero-order chi connectivity index (χ0) is 9.90. The third-order valence-electron chi connectivity index (χ3n) is 2.43. The lowest BCUT2D eigenvalue weighted by Crippen LogP contribution is -2.55. The lowest BCUT2D eigenvalue weighted by Gasteiger charge is -2.42. The molecule has 0 spiro atoms. The van der Waals surface area contributed by atoms with Gasteiger partial charge in [0, 0.05) is 24.0 Å². The molecular formula is C9H18BrNO2. The van der Waals surface area contributed by atoms with Crippen molar-refractivity contribution in [2.75, 3.05) is 31.6 Å². The van der Waals surface area contributed by atoms with Crippen LogP contribution in [0.25, 0.3) is 0 Å². The summed E-state index contributed by atoms with van der Waals surface area (Å²) in [5.41, 5.74) is 0.0569. The maximum Gasteiger partial charge on any atom is 0.0763 e. The molecule has 0 amide bonds. The fourth-order valence-electron chi connectivity index (χ4n) is 1.53. The summed E-state index contributed by atoms with van der Waals surface area (Å²) in [6, 6.07) is 0. The van der Waals surface area contributed by atoms with Crippen LogP contribution in [0.2, 0.25) is 0 Å². The van der Waals surface area contributed by atoms with Crippen molar-refractivity contribution in [2.45, 2.75) is 25.5 Å². The molecule has 1 aliphatic rings. The van der Waals surface area contributed by atoms with Crippen molar-refractivity contribution in [1.82, 2.24) is 4.90 Å². The van der Waals surface area contributed by atoms with Crippen LogP contribution in [0.5, 0.6) is 0 Å². The van der Waals surface area contributed by atoms with E-state index in [-0.39, 0.29) is 11.6 Å². The van der Waals surface area contributed by atoms with Gasteiger partial charge in [0.2, 0.25) is 0 Å². The first kappa shape index (κ1) is 11.4. The molecule has 1 N–H and O–H groups in total. The van der Waals surface area contributed by atoms with Gasteiger partial charge in [-0.2, -0.15) is 0 Å². The Morgan fingerprint density at radius 1 is 1.62 bits per heavy atom. The molecule has 1 saturated heterocycles. The molecule has 1 heterocycles. The Hall–Kier alpha value is 0.360. The van der Waals surface area contributed by atoms with Crippen molar-refractivity contribution < 1.29 is 9.84 Å². The molecule has 0 aromatic carbocycles. The minimum Gasteiger partial charge on any atom is -0.391 e. The Balaban J connectivity index is 2.46. The highest BCUT2D eigenvalue weighted by Gasteiger charge is 2.31. The molecule has 0 aromatic heterocycles. The molecule has 1 rings (SSSR count). The number of halogens is 1. The number of nitrogens with zero attached hydrogens (tertiary/aromatic N) is 1. The van der Waals surface area contributed by atoms with Crippen molar-refractivity contribution in [2.24, 2.45) is 0 Å². The number of hydrogen-bond acceptors (Lipinski definition) is 3.